The van der Waals surface area contributed by atoms with Crippen molar-refractivity contribution in [3.63, 3.8) is 0 Å². The van der Waals surface area contributed by atoms with Crippen LogP contribution in [0.5, 0.6) is 0 Å². The molecule has 0 radical (unpaired) electrons. The molecule has 92 valence electrons. The second kappa shape index (κ2) is 8.65. The molecule has 0 aromatic heterocycles. The van der Waals surface area contributed by atoms with Crippen molar-refractivity contribution < 1.29 is 77.7 Å². The second-order valence-electron chi connectivity index (χ2n) is 3.69. The number of nitrogens with zero attached hydrogens (tertiary/aromatic N) is 2. The molecule has 1 aliphatic heterocycles. The van der Waals surface area contributed by atoms with Gasteiger partial charge in [0, 0.05) is 39.3 Å². The van der Waals surface area contributed by atoms with E-state index < -0.39 is 10.1 Å². The van der Waals surface area contributed by atoms with Crippen LogP contribution in [0.3, 0.4) is 0 Å². The Morgan fingerprint density at radius 3 is 1.88 bits per heavy atom. The Balaban J connectivity index is 0. The van der Waals surface area contributed by atoms with Gasteiger partial charge >= 0.3 is 58.2 Å². The minimum atomic E-state index is -3.84. The van der Waals surface area contributed by atoms with Crippen molar-refractivity contribution in [2.24, 2.45) is 0 Å². The number of aliphatic hydroxyl groups excluding tert-OH is 1. The third-order valence-corrected chi connectivity index (χ3v) is 3.25. The first-order valence-corrected chi connectivity index (χ1v) is 6.63. The van der Waals surface area contributed by atoms with E-state index in [4.69, 9.17) is 9.66 Å². The van der Waals surface area contributed by atoms with Gasteiger partial charge in [0.2, 0.25) is 0 Å². The van der Waals surface area contributed by atoms with Crippen molar-refractivity contribution in [1.82, 2.24) is 9.80 Å². The molecular formula is C8H19N2O4RbS. The molecular weight excluding hydrogens is 306 g/mol. The van der Waals surface area contributed by atoms with Gasteiger partial charge in [0.25, 0.3) is 10.1 Å². The Labute approximate surface area is 147 Å². The minimum Gasteiger partial charge on any atom is -1.00 e. The molecule has 0 unspecified atom stereocenters. The van der Waals surface area contributed by atoms with Gasteiger partial charge in [-0.1, -0.05) is 0 Å². The molecule has 0 aromatic rings. The van der Waals surface area contributed by atoms with Gasteiger partial charge in [-0.2, -0.15) is 8.42 Å². The van der Waals surface area contributed by atoms with Crippen molar-refractivity contribution in [2.45, 2.75) is 0 Å². The summed E-state index contributed by atoms with van der Waals surface area (Å²) in [6.07, 6.45) is 0. The molecule has 16 heavy (non-hydrogen) atoms. The van der Waals surface area contributed by atoms with E-state index in [2.05, 4.69) is 4.90 Å². The van der Waals surface area contributed by atoms with E-state index in [1.165, 1.54) is 0 Å². The molecule has 1 heterocycles. The molecule has 1 rings (SSSR count). The molecule has 0 amide bonds. The summed E-state index contributed by atoms with van der Waals surface area (Å²) in [5, 5.41) is 8.73. The fraction of sp³-hybridized carbons (Fsp3) is 1.00. The van der Waals surface area contributed by atoms with E-state index in [0.29, 0.717) is 13.1 Å². The maximum Gasteiger partial charge on any atom is 1.00 e. The number of hydrogen-bond acceptors (Lipinski definition) is 5. The largest absolute Gasteiger partial charge is 1.00 e. The van der Waals surface area contributed by atoms with E-state index in [9.17, 15) is 8.42 Å². The zero-order valence-corrected chi connectivity index (χ0v) is 15.4. The van der Waals surface area contributed by atoms with E-state index in [0.717, 1.165) is 26.2 Å². The zero-order chi connectivity index (χ0) is 11.3. The Kier molecular flexibility index (Phi) is 9.52. The molecule has 0 saturated carbocycles. The van der Waals surface area contributed by atoms with Crippen molar-refractivity contribution in [2.75, 3.05) is 51.6 Å². The Hall–Kier alpha value is 1.60. The summed E-state index contributed by atoms with van der Waals surface area (Å²) < 4.78 is 29.6. The summed E-state index contributed by atoms with van der Waals surface area (Å²) in [4.78, 5) is 4.13. The van der Waals surface area contributed by atoms with E-state index in [1.807, 2.05) is 4.90 Å². The number of piperazine rings is 1. The molecule has 1 fully saturated rings. The molecule has 1 saturated heterocycles. The van der Waals surface area contributed by atoms with Crippen LogP contribution in [0.1, 0.15) is 1.43 Å². The van der Waals surface area contributed by atoms with Crippen LogP contribution in [0.25, 0.3) is 0 Å². The van der Waals surface area contributed by atoms with Crippen LogP contribution in [0.15, 0.2) is 0 Å². The van der Waals surface area contributed by atoms with Crippen LogP contribution in [0.4, 0.5) is 0 Å². The molecule has 2 N–H and O–H groups in total. The first kappa shape index (κ1) is 17.6. The van der Waals surface area contributed by atoms with Gasteiger partial charge in [0.05, 0.1) is 12.4 Å². The van der Waals surface area contributed by atoms with Gasteiger partial charge in [-0.05, 0) is 0 Å². The summed E-state index contributed by atoms with van der Waals surface area (Å²) >= 11 is 0. The monoisotopic (exact) mass is 324 g/mol. The van der Waals surface area contributed by atoms with Crippen LogP contribution in [0.2, 0.25) is 0 Å². The predicted octanol–water partition coefficient (Wildman–Crippen LogP) is -4.40. The van der Waals surface area contributed by atoms with Crippen LogP contribution in [-0.2, 0) is 10.1 Å². The van der Waals surface area contributed by atoms with Crippen molar-refractivity contribution in [3.8, 4) is 0 Å². The third kappa shape index (κ3) is 7.83. The maximum absolute atomic E-state index is 10.5. The summed E-state index contributed by atoms with van der Waals surface area (Å²) in [5.74, 6) is -0.201. The molecule has 1 aliphatic rings. The summed E-state index contributed by atoms with van der Waals surface area (Å²) in [7, 11) is -3.84. The number of β-amino-alcohol motifs (C(OH)–C–C–N with tert-alkyl or cyclic N) is 1. The van der Waals surface area contributed by atoms with Gasteiger partial charge in [-0.3, -0.25) is 14.4 Å². The SMILES string of the molecule is O=S(=O)(O)CCN1CCN(CCO)CC1.[H-].[Rb+]. The third-order valence-electron chi connectivity index (χ3n) is 2.55. The van der Waals surface area contributed by atoms with Gasteiger partial charge in [0.15, 0.2) is 0 Å². The molecule has 6 nitrogen and oxygen atoms in total. The van der Waals surface area contributed by atoms with Gasteiger partial charge in [-0.15, -0.1) is 0 Å². The van der Waals surface area contributed by atoms with E-state index in [1.54, 1.807) is 0 Å². The van der Waals surface area contributed by atoms with Crippen molar-refractivity contribution in [1.29, 1.82) is 0 Å². The van der Waals surface area contributed by atoms with Crippen LogP contribution >= 0.6 is 0 Å². The minimum absolute atomic E-state index is 0. The summed E-state index contributed by atoms with van der Waals surface area (Å²) in [5.41, 5.74) is 0. The van der Waals surface area contributed by atoms with Crippen LogP contribution in [0, 0.1) is 0 Å². The Morgan fingerprint density at radius 1 is 1.06 bits per heavy atom. The number of aliphatic hydroxyl groups is 1. The molecule has 0 spiro atoms. The van der Waals surface area contributed by atoms with Gasteiger partial charge < -0.3 is 6.53 Å². The van der Waals surface area contributed by atoms with Gasteiger partial charge in [-0.25, -0.2) is 0 Å². The fourth-order valence-electron chi connectivity index (χ4n) is 1.62. The number of rotatable bonds is 5. The Bertz CT molecular complexity index is 283. The van der Waals surface area contributed by atoms with E-state index >= 15 is 0 Å². The second-order valence-corrected chi connectivity index (χ2v) is 5.27. The fourth-order valence-corrected chi connectivity index (χ4v) is 2.11. The van der Waals surface area contributed by atoms with Crippen LogP contribution in [-0.4, -0.2) is 79.5 Å². The standard InChI is InChI=1S/C8H18N2O4S.Rb.H/c11-7-5-9-1-3-10(4-2-9)6-8-15(12,13)14;;/h11H,1-8H2,(H,12,13,14);;/q;+1;-1. The van der Waals surface area contributed by atoms with Gasteiger partial charge in [0.1, 0.15) is 0 Å². The maximum atomic E-state index is 10.5. The smallest absolute Gasteiger partial charge is 1.00 e. The van der Waals surface area contributed by atoms with Crippen LogP contribution < -0.4 is 58.2 Å². The first-order valence-electron chi connectivity index (χ1n) is 5.02. The van der Waals surface area contributed by atoms with Crippen molar-refractivity contribution in [3.05, 3.63) is 0 Å². The quantitative estimate of drug-likeness (QED) is 0.497. The molecule has 0 bridgehead atoms. The molecule has 8 heteroatoms. The predicted molar refractivity (Wildman–Crippen MR) is 57.5 cm³/mol. The first-order chi connectivity index (χ1) is 7.01. The number of hydrogen-bond donors (Lipinski definition) is 2. The Morgan fingerprint density at radius 2 is 1.50 bits per heavy atom. The van der Waals surface area contributed by atoms with Crippen molar-refractivity contribution >= 4 is 10.1 Å². The molecule has 0 aliphatic carbocycles. The topological polar surface area (TPSA) is 81.1 Å². The zero-order valence-electron chi connectivity index (χ0n) is 10.7. The molecule has 0 atom stereocenters. The summed E-state index contributed by atoms with van der Waals surface area (Å²) in [6, 6.07) is 0. The summed E-state index contributed by atoms with van der Waals surface area (Å²) in [6.45, 7) is 4.46. The van der Waals surface area contributed by atoms with E-state index in [-0.39, 0.29) is 72.0 Å². The normalized spacial score (nSPS) is 19.4. The molecule has 0 aromatic carbocycles. The average molecular weight is 325 g/mol. The average Bonchev–Trinajstić information content (AvgIpc) is 2.16.